The molecule has 0 spiro atoms. The zero-order valence-electron chi connectivity index (χ0n) is 21.2. The first-order chi connectivity index (χ1) is 15.0. The van der Waals surface area contributed by atoms with Gasteiger partial charge in [-0.05, 0) is 100.0 Å². The van der Waals surface area contributed by atoms with Crippen LogP contribution in [0.15, 0.2) is 10.3 Å². The van der Waals surface area contributed by atoms with Crippen molar-refractivity contribution in [3.05, 3.63) is 0 Å². The van der Waals surface area contributed by atoms with Gasteiger partial charge in [-0.2, -0.15) is 0 Å². The van der Waals surface area contributed by atoms with Crippen molar-refractivity contribution < 1.29 is 10.4 Å². The Bertz CT molecular complexity index is 712. The Labute approximate surface area is 194 Å². The Morgan fingerprint density at radius 3 is 1.38 bits per heavy atom. The topological polar surface area (TPSA) is 89.2 Å². The standard InChI is InChI=1S/C26H46N4O2/c1-23(2)17-13-21(29-31)25(5,15-19(17)23)27-11-9-7-8-10-12-28-26(6)16-20-18(24(20,3)4)14-22(26)30-32/h17-20,27-28,31-32H,7-16H2,1-6H3/b29-21+,30-22+/t17-,18-,19+,20+,25+,26+/m1/s1. The lowest BCUT2D eigenvalue weighted by Crippen LogP contribution is -2.52. The molecule has 4 aliphatic carbocycles. The Hall–Kier alpha value is -1.14. The molecule has 6 nitrogen and oxygen atoms in total. The van der Waals surface area contributed by atoms with Gasteiger partial charge < -0.3 is 21.0 Å². The molecule has 0 aromatic heterocycles. The number of nitrogens with one attached hydrogen (secondary N) is 2. The summed E-state index contributed by atoms with van der Waals surface area (Å²) in [5.74, 6) is 2.88. The molecular weight excluding hydrogens is 400 g/mol. The molecule has 0 aromatic carbocycles. The predicted molar refractivity (Wildman–Crippen MR) is 130 cm³/mol. The molecule has 4 N–H and O–H groups in total. The number of oxime groups is 2. The molecule has 32 heavy (non-hydrogen) atoms. The van der Waals surface area contributed by atoms with E-state index >= 15 is 0 Å². The molecule has 0 heterocycles. The molecule has 182 valence electrons. The van der Waals surface area contributed by atoms with Crippen molar-refractivity contribution >= 4 is 11.4 Å². The second kappa shape index (κ2) is 8.26. The molecule has 6 atom stereocenters. The largest absolute Gasteiger partial charge is 0.411 e. The quantitative estimate of drug-likeness (QED) is 0.227. The number of fused-ring (bicyclic) bond motifs is 2. The summed E-state index contributed by atoms with van der Waals surface area (Å²) in [7, 11) is 0. The Morgan fingerprint density at radius 2 is 1.03 bits per heavy atom. The molecule has 0 unspecified atom stereocenters. The van der Waals surface area contributed by atoms with Crippen molar-refractivity contribution in [2.24, 2.45) is 44.8 Å². The van der Waals surface area contributed by atoms with Crippen LogP contribution in [0.4, 0.5) is 0 Å². The van der Waals surface area contributed by atoms with Gasteiger partial charge in [0.1, 0.15) is 0 Å². The van der Waals surface area contributed by atoms with Crippen LogP contribution in [0.2, 0.25) is 0 Å². The van der Waals surface area contributed by atoms with Crippen LogP contribution in [-0.4, -0.2) is 46.0 Å². The third-order valence-corrected chi connectivity index (χ3v) is 10.3. The number of unbranched alkanes of at least 4 members (excludes halogenated alkanes) is 3. The fraction of sp³-hybridized carbons (Fsp3) is 0.923. The van der Waals surface area contributed by atoms with E-state index in [4.69, 9.17) is 0 Å². The van der Waals surface area contributed by atoms with Gasteiger partial charge in [0.15, 0.2) is 0 Å². The molecule has 4 aliphatic rings. The zero-order valence-corrected chi connectivity index (χ0v) is 21.2. The molecule has 0 amide bonds. The molecule has 0 saturated heterocycles. The minimum absolute atomic E-state index is 0.157. The summed E-state index contributed by atoms with van der Waals surface area (Å²) in [6.07, 6.45) is 8.71. The van der Waals surface area contributed by atoms with E-state index in [2.05, 4.69) is 62.5 Å². The highest BCUT2D eigenvalue weighted by molar-refractivity contribution is 5.95. The van der Waals surface area contributed by atoms with Crippen LogP contribution in [0.25, 0.3) is 0 Å². The molecular formula is C26H46N4O2. The fourth-order valence-electron chi connectivity index (χ4n) is 7.30. The summed E-state index contributed by atoms with van der Waals surface area (Å²) in [4.78, 5) is 0. The highest BCUT2D eigenvalue weighted by Crippen LogP contribution is 2.66. The Morgan fingerprint density at radius 1 is 0.656 bits per heavy atom. The fourth-order valence-corrected chi connectivity index (χ4v) is 7.30. The van der Waals surface area contributed by atoms with Gasteiger partial charge in [0, 0.05) is 0 Å². The van der Waals surface area contributed by atoms with Crippen LogP contribution in [0.5, 0.6) is 0 Å². The van der Waals surface area contributed by atoms with Crippen LogP contribution in [0.3, 0.4) is 0 Å². The van der Waals surface area contributed by atoms with Crippen molar-refractivity contribution in [1.29, 1.82) is 0 Å². The van der Waals surface area contributed by atoms with Crippen LogP contribution in [-0.2, 0) is 0 Å². The maximum Gasteiger partial charge on any atom is 0.0771 e. The van der Waals surface area contributed by atoms with E-state index < -0.39 is 0 Å². The number of rotatable bonds is 9. The minimum Gasteiger partial charge on any atom is -0.411 e. The molecule has 4 saturated carbocycles. The summed E-state index contributed by atoms with van der Waals surface area (Å²) < 4.78 is 0. The molecule has 0 aliphatic heterocycles. The molecule has 4 rings (SSSR count). The van der Waals surface area contributed by atoms with Gasteiger partial charge in [0.05, 0.1) is 22.5 Å². The Balaban J connectivity index is 1.13. The van der Waals surface area contributed by atoms with Crippen LogP contribution in [0, 0.1) is 34.5 Å². The summed E-state index contributed by atoms with van der Waals surface area (Å²) in [6, 6.07) is 0. The predicted octanol–water partition coefficient (Wildman–Crippen LogP) is 5.04. The lowest BCUT2D eigenvalue weighted by atomic mass is 9.81. The van der Waals surface area contributed by atoms with Gasteiger partial charge in [0.2, 0.25) is 0 Å². The number of hydrogen-bond acceptors (Lipinski definition) is 6. The van der Waals surface area contributed by atoms with E-state index in [1.165, 1.54) is 12.8 Å². The van der Waals surface area contributed by atoms with Crippen molar-refractivity contribution in [2.45, 2.75) is 104 Å². The first kappa shape index (κ1) is 24.0. The zero-order chi connectivity index (χ0) is 23.4. The van der Waals surface area contributed by atoms with Crippen molar-refractivity contribution in [2.75, 3.05) is 13.1 Å². The molecule has 6 heteroatoms. The number of nitrogens with zero attached hydrogens (tertiary/aromatic N) is 2. The van der Waals surface area contributed by atoms with Crippen LogP contribution < -0.4 is 10.6 Å². The third-order valence-electron chi connectivity index (χ3n) is 10.3. The van der Waals surface area contributed by atoms with Crippen molar-refractivity contribution in [1.82, 2.24) is 10.6 Å². The van der Waals surface area contributed by atoms with Crippen molar-refractivity contribution in [3.63, 3.8) is 0 Å². The average Bonchev–Trinajstić information content (AvgIpc) is 3.48. The normalized spacial score (nSPS) is 43.7. The monoisotopic (exact) mass is 446 g/mol. The van der Waals surface area contributed by atoms with Crippen molar-refractivity contribution in [3.8, 4) is 0 Å². The third kappa shape index (κ3) is 4.11. The summed E-state index contributed by atoms with van der Waals surface area (Å²) >= 11 is 0. The van der Waals surface area contributed by atoms with E-state index in [0.29, 0.717) is 22.7 Å². The minimum atomic E-state index is -0.157. The first-order valence-electron chi connectivity index (χ1n) is 12.9. The van der Waals surface area contributed by atoms with E-state index in [0.717, 1.165) is 74.9 Å². The van der Waals surface area contributed by atoms with Crippen LogP contribution in [0.1, 0.15) is 92.9 Å². The average molecular weight is 447 g/mol. The van der Waals surface area contributed by atoms with Gasteiger partial charge in [-0.25, -0.2) is 0 Å². The lowest BCUT2D eigenvalue weighted by Gasteiger charge is -2.35. The SMILES string of the molecule is CC1(C)[C@@H]2C/C(=N\O)[C@@](C)(NCCCCCCN[C@@]3(C)C[C@H]4[C@@H](C/C3=N\O)C4(C)C)C[C@@H]21. The van der Waals surface area contributed by atoms with Gasteiger partial charge in [0.25, 0.3) is 0 Å². The summed E-state index contributed by atoms with van der Waals surface area (Å²) in [5.41, 5.74) is 2.36. The molecule has 4 fully saturated rings. The molecule has 0 aromatic rings. The van der Waals surface area contributed by atoms with Crippen LogP contribution >= 0.6 is 0 Å². The van der Waals surface area contributed by atoms with Gasteiger partial charge in [-0.3, -0.25) is 0 Å². The first-order valence-corrected chi connectivity index (χ1v) is 12.9. The van der Waals surface area contributed by atoms with Gasteiger partial charge in [-0.15, -0.1) is 0 Å². The molecule has 0 radical (unpaired) electrons. The number of hydrogen-bond donors (Lipinski definition) is 4. The van der Waals surface area contributed by atoms with E-state index in [1.54, 1.807) is 0 Å². The second-order valence-corrected chi connectivity index (χ2v) is 12.9. The smallest absolute Gasteiger partial charge is 0.0771 e. The Kier molecular flexibility index (Phi) is 6.20. The van der Waals surface area contributed by atoms with Gasteiger partial charge in [-0.1, -0.05) is 50.8 Å². The van der Waals surface area contributed by atoms with Gasteiger partial charge >= 0.3 is 0 Å². The molecule has 0 bridgehead atoms. The second-order valence-electron chi connectivity index (χ2n) is 12.9. The maximum absolute atomic E-state index is 9.56. The van der Waals surface area contributed by atoms with E-state index in [-0.39, 0.29) is 11.1 Å². The van der Waals surface area contributed by atoms with E-state index in [1.807, 2.05) is 0 Å². The highest BCUT2D eigenvalue weighted by atomic mass is 16.4. The summed E-state index contributed by atoms with van der Waals surface area (Å²) in [6.45, 7) is 15.8. The summed E-state index contributed by atoms with van der Waals surface area (Å²) in [5, 5.41) is 33.9. The highest BCUT2D eigenvalue weighted by Gasteiger charge is 2.64. The van der Waals surface area contributed by atoms with E-state index in [9.17, 15) is 10.4 Å². The lowest BCUT2D eigenvalue weighted by molar-refractivity contribution is 0.291. The maximum atomic E-state index is 9.56.